The fourth-order valence-electron chi connectivity index (χ4n) is 3.87. The number of rotatable bonds is 6. The zero-order chi connectivity index (χ0) is 21.1. The predicted molar refractivity (Wildman–Crippen MR) is 113 cm³/mol. The maximum atomic E-state index is 13.3. The minimum Gasteiger partial charge on any atom is -0.351 e. The number of sulfonamides is 1. The van der Waals surface area contributed by atoms with E-state index < -0.39 is 21.3 Å². The first-order valence-electron chi connectivity index (χ1n) is 9.50. The van der Waals surface area contributed by atoms with E-state index in [1.165, 1.54) is 12.1 Å². The van der Waals surface area contributed by atoms with Gasteiger partial charge in [0.1, 0.15) is 5.82 Å². The van der Waals surface area contributed by atoms with Gasteiger partial charge in [-0.1, -0.05) is 49.1 Å². The van der Waals surface area contributed by atoms with Gasteiger partial charge >= 0.3 is 0 Å². The Bertz CT molecular complexity index is 987. The molecular weight excluding hydrogens is 415 g/mol. The number of carbonyl (C=O) groups excluding carboxylic acids is 1. The van der Waals surface area contributed by atoms with Crippen molar-refractivity contribution < 1.29 is 17.6 Å². The Hall–Kier alpha value is -2.12. The maximum Gasteiger partial charge on any atom is 0.230 e. The standard InChI is InChI=1S/C21H24ClFN2O3S/c1-29(27,28)25-17-8-6-16(7-9-17)21(11-3-2-4-12-21)20(26)24-14-15-5-10-19(23)18(22)13-15/h5-10,13,25H,2-4,11-12,14H2,1H3,(H,24,26). The van der Waals surface area contributed by atoms with Crippen LogP contribution >= 0.6 is 11.6 Å². The zero-order valence-corrected chi connectivity index (χ0v) is 17.7. The quantitative estimate of drug-likeness (QED) is 0.703. The third-order valence-electron chi connectivity index (χ3n) is 5.32. The Balaban J connectivity index is 1.80. The van der Waals surface area contributed by atoms with Gasteiger partial charge in [-0.25, -0.2) is 12.8 Å². The van der Waals surface area contributed by atoms with Gasteiger partial charge in [-0.2, -0.15) is 0 Å². The molecule has 8 heteroatoms. The van der Waals surface area contributed by atoms with Crippen LogP contribution in [0.5, 0.6) is 0 Å². The minimum absolute atomic E-state index is 0.0260. The average Bonchev–Trinajstić information content (AvgIpc) is 2.68. The summed E-state index contributed by atoms with van der Waals surface area (Å²) < 4.78 is 38.6. The van der Waals surface area contributed by atoms with Gasteiger partial charge < -0.3 is 5.32 Å². The zero-order valence-electron chi connectivity index (χ0n) is 16.2. The van der Waals surface area contributed by atoms with E-state index in [1.54, 1.807) is 18.2 Å². The molecule has 2 aromatic rings. The van der Waals surface area contributed by atoms with Gasteiger partial charge in [0.2, 0.25) is 15.9 Å². The Kier molecular flexibility index (Phi) is 6.49. The van der Waals surface area contributed by atoms with Crippen molar-refractivity contribution in [1.82, 2.24) is 5.32 Å². The normalized spacial score (nSPS) is 16.2. The Morgan fingerprint density at radius 1 is 1.10 bits per heavy atom. The summed E-state index contributed by atoms with van der Waals surface area (Å²) in [6, 6.07) is 11.4. The van der Waals surface area contributed by atoms with Crippen LogP contribution in [0.4, 0.5) is 10.1 Å². The van der Waals surface area contributed by atoms with Crippen molar-refractivity contribution in [3.8, 4) is 0 Å². The predicted octanol–water partition coefficient (Wildman–Crippen LogP) is 4.37. The monoisotopic (exact) mass is 438 g/mol. The molecule has 156 valence electrons. The van der Waals surface area contributed by atoms with Crippen LogP contribution in [0.25, 0.3) is 0 Å². The average molecular weight is 439 g/mol. The number of carbonyl (C=O) groups is 1. The topological polar surface area (TPSA) is 75.3 Å². The van der Waals surface area contributed by atoms with E-state index in [2.05, 4.69) is 10.0 Å². The van der Waals surface area contributed by atoms with Gasteiger partial charge in [-0.15, -0.1) is 0 Å². The molecular formula is C21H24ClFN2O3S. The molecule has 1 amide bonds. The number of halogens is 2. The summed E-state index contributed by atoms with van der Waals surface area (Å²) in [7, 11) is -3.36. The molecule has 5 nitrogen and oxygen atoms in total. The SMILES string of the molecule is CS(=O)(=O)Nc1ccc(C2(C(=O)NCc3ccc(F)c(Cl)c3)CCCCC2)cc1. The summed E-state index contributed by atoms with van der Waals surface area (Å²) in [5.74, 6) is -0.574. The molecule has 0 spiro atoms. The maximum absolute atomic E-state index is 13.3. The van der Waals surface area contributed by atoms with Crippen molar-refractivity contribution in [2.45, 2.75) is 44.1 Å². The lowest BCUT2D eigenvalue weighted by Crippen LogP contribution is -2.45. The van der Waals surface area contributed by atoms with E-state index in [9.17, 15) is 17.6 Å². The summed E-state index contributed by atoms with van der Waals surface area (Å²) in [6.45, 7) is 0.258. The van der Waals surface area contributed by atoms with Gasteiger partial charge in [0.05, 0.1) is 16.7 Å². The number of benzene rings is 2. The first kappa shape index (κ1) is 21.6. The van der Waals surface area contributed by atoms with Gasteiger partial charge in [-0.05, 0) is 48.2 Å². The van der Waals surface area contributed by atoms with Gasteiger partial charge in [-0.3, -0.25) is 9.52 Å². The van der Waals surface area contributed by atoms with E-state index in [-0.39, 0.29) is 17.5 Å². The molecule has 0 aromatic heterocycles. The van der Waals surface area contributed by atoms with E-state index in [0.29, 0.717) is 5.69 Å². The van der Waals surface area contributed by atoms with Crippen LogP contribution < -0.4 is 10.0 Å². The minimum atomic E-state index is -3.36. The van der Waals surface area contributed by atoms with Crippen molar-refractivity contribution in [3.05, 3.63) is 64.4 Å². The first-order valence-corrected chi connectivity index (χ1v) is 11.8. The number of nitrogens with one attached hydrogen (secondary N) is 2. The highest BCUT2D eigenvalue weighted by molar-refractivity contribution is 7.92. The molecule has 0 saturated heterocycles. The molecule has 0 aliphatic heterocycles. The number of hydrogen-bond acceptors (Lipinski definition) is 3. The summed E-state index contributed by atoms with van der Waals surface area (Å²) in [5.41, 5.74) is 1.39. The highest BCUT2D eigenvalue weighted by Gasteiger charge is 2.40. The summed E-state index contributed by atoms with van der Waals surface area (Å²) in [6.07, 6.45) is 5.51. The lowest BCUT2D eigenvalue weighted by atomic mass is 9.68. The molecule has 1 aliphatic rings. The second-order valence-corrected chi connectivity index (χ2v) is 9.68. The van der Waals surface area contributed by atoms with E-state index >= 15 is 0 Å². The fraction of sp³-hybridized carbons (Fsp3) is 0.381. The molecule has 0 unspecified atom stereocenters. The van der Waals surface area contributed by atoms with Gasteiger partial charge in [0, 0.05) is 12.2 Å². The molecule has 0 heterocycles. The van der Waals surface area contributed by atoms with Crippen molar-refractivity contribution in [1.29, 1.82) is 0 Å². The molecule has 1 saturated carbocycles. The largest absolute Gasteiger partial charge is 0.351 e. The summed E-state index contributed by atoms with van der Waals surface area (Å²) >= 11 is 5.83. The van der Waals surface area contributed by atoms with Crippen LogP contribution in [0.1, 0.15) is 43.2 Å². The second-order valence-electron chi connectivity index (χ2n) is 7.53. The summed E-state index contributed by atoms with van der Waals surface area (Å²) in [5, 5.41) is 3.00. The van der Waals surface area contributed by atoms with E-state index in [1.807, 2.05) is 12.1 Å². The van der Waals surface area contributed by atoms with Crippen molar-refractivity contribution >= 4 is 33.2 Å². The Morgan fingerprint density at radius 2 is 1.76 bits per heavy atom. The number of hydrogen-bond donors (Lipinski definition) is 2. The smallest absolute Gasteiger partial charge is 0.230 e. The molecule has 3 rings (SSSR count). The van der Waals surface area contributed by atoms with Crippen LogP contribution in [0.3, 0.4) is 0 Å². The number of anilines is 1. The molecule has 1 fully saturated rings. The number of amides is 1. The third-order valence-corrected chi connectivity index (χ3v) is 6.22. The molecule has 2 N–H and O–H groups in total. The highest BCUT2D eigenvalue weighted by Crippen LogP contribution is 2.40. The van der Waals surface area contributed by atoms with Crippen LogP contribution in [-0.2, 0) is 26.8 Å². The Morgan fingerprint density at radius 3 is 2.34 bits per heavy atom. The van der Waals surface area contributed by atoms with Crippen LogP contribution in [0, 0.1) is 5.82 Å². The molecule has 29 heavy (non-hydrogen) atoms. The lowest BCUT2D eigenvalue weighted by Gasteiger charge is -2.36. The summed E-state index contributed by atoms with van der Waals surface area (Å²) in [4.78, 5) is 13.2. The van der Waals surface area contributed by atoms with Crippen LogP contribution in [0.2, 0.25) is 5.02 Å². The molecule has 2 aromatic carbocycles. The Labute approximate surface area is 175 Å². The lowest BCUT2D eigenvalue weighted by molar-refractivity contribution is -0.128. The van der Waals surface area contributed by atoms with Crippen molar-refractivity contribution in [2.24, 2.45) is 0 Å². The van der Waals surface area contributed by atoms with Crippen LogP contribution in [0.15, 0.2) is 42.5 Å². The molecule has 0 radical (unpaired) electrons. The molecule has 0 atom stereocenters. The molecule has 0 bridgehead atoms. The first-order chi connectivity index (χ1) is 13.7. The van der Waals surface area contributed by atoms with Crippen molar-refractivity contribution in [3.63, 3.8) is 0 Å². The van der Waals surface area contributed by atoms with Gasteiger partial charge in [0.25, 0.3) is 0 Å². The van der Waals surface area contributed by atoms with E-state index in [0.717, 1.165) is 49.5 Å². The van der Waals surface area contributed by atoms with Gasteiger partial charge in [0.15, 0.2) is 0 Å². The van der Waals surface area contributed by atoms with Crippen molar-refractivity contribution in [2.75, 3.05) is 11.0 Å². The third kappa shape index (κ3) is 5.28. The van der Waals surface area contributed by atoms with E-state index in [4.69, 9.17) is 11.6 Å². The second kappa shape index (κ2) is 8.71. The fourth-order valence-corrected chi connectivity index (χ4v) is 4.64. The van der Waals surface area contributed by atoms with Crippen LogP contribution in [-0.4, -0.2) is 20.6 Å². The molecule has 1 aliphatic carbocycles. The highest BCUT2D eigenvalue weighted by atomic mass is 35.5.